The van der Waals surface area contributed by atoms with Crippen LogP contribution in [0.25, 0.3) is 11.0 Å². The summed E-state index contributed by atoms with van der Waals surface area (Å²) in [5.41, 5.74) is 1.95. The summed E-state index contributed by atoms with van der Waals surface area (Å²) in [6.07, 6.45) is 1.68. The quantitative estimate of drug-likeness (QED) is 0.690. The number of nitrogens with zero attached hydrogens (tertiary/aromatic N) is 2. The number of pyridine rings is 1. The summed E-state index contributed by atoms with van der Waals surface area (Å²) in [7, 11) is 0. The highest BCUT2D eigenvalue weighted by atomic mass is 16.5. The van der Waals surface area contributed by atoms with Gasteiger partial charge in [0.25, 0.3) is 5.91 Å². The molecule has 0 saturated carbocycles. The Morgan fingerprint density at radius 2 is 1.96 bits per heavy atom. The topological polar surface area (TPSA) is 89.1 Å². The number of nitrogens with one attached hydrogen (secondary N) is 2. The third-order valence-electron chi connectivity index (χ3n) is 3.64. The van der Waals surface area contributed by atoms with Gasteiger partial charge in [-0.3, -0.25) is 9.89 Å². The lowest BCUT2D eigenvalue weighted by Gasteiger charge is -2.12. The average Bonchev–Trinajstić information content (AvgIpc) is 3.05. The predicted molar refractivity (Wildman–Crippen MR) is 93.8 cm³/mol. The van der Waals surface area contributed by atoms with Gasteiger partial charge in [-0.1, -0.05) is 0 Å². The molecule has 0 aliphatic rings. The molecule has 7 heteroatoms. The molecule has 0 saturated heterocycles. The van der Waals surface area contributed by atoms with Gasteiger partial charge in [0.05, 0.1) is 25.5 Å². The Bertz CT molecular complexity index is 876. The molecule has 2 heterocycles. The Hall–Kier alpha value is -3.09. The number of hydrogen-bond donors (Lipinski definition) is 2. The Morgan fingerprint density at radius 1 is 1.16 bits per heavy atom. The number of hydrogen-bond acceptors (Lipinski definition) is 5. The number of rotatable bonds is 7. The highest BCUT2D eigenvalue weighted by Crippen LogP contribution is 2.28. The van der Waals surface area contributed by atoms with Crippen LogP contribution < -0.4 is 14.8 Å². The molecule has 0 atom stereocenters. The second-order valence-electron chi connectivity index (χ2n) is 5.29. The third kappa shape index (κ3) is 3.71. The standard InChI is InChI=1S/C18H20N4O3/c1-3-24-15-8-7-12(10-16(15)25-4-2)18(23)20-11-14-13-6-5-9-19-17(13)22-21-14/h5-10H,3-4,11H2,1-2H3,(H,20,23)(H,19,21,22). The molecule has 0 unspecified atom stereocenters. The summed E-state index contributed by atoms with van der Waals surface area (Å²) in [4.78, 5) is 16.6. The SMILES string of the molecule is CCOc1ccc(C(=O)NCc2[nH]nc3ncccc23)cc1OCC. The van der Waals surface area contributed by atoms with E-state index in [9.17, 15) is 4.79 Å². The molecule has 3 rings (SSSR count). The summed E-state index contributed by atoms with van der Waals surface area (Å²) < 4.78 is 11.1. The first-order valence-electron chi connectivity index (χ1n) is 8.18. The van der Waals surface area contributed by atoms with Gasteiger partial charge in [-0.2, -0.15) is 5.10 Å². The van der Waals surface area contributed by atoms with Crippen LogP contribution in [-0.2, 0) is 6.54 Å². The van der Waals surface area contributed by atoms with Crippen molar-refractivity contribution in [2.75, 3.05) is 13.2 Å². The van der Waals surface area contributed by atoms with E-state index in [-0.39, 0.29) is 5.91 Å². The molecule has 0 aliphatic heterocycles. The molecule has 0 fully saturated rings. The number of fused-ring (bicyclic) bond motifs is 1. The number of aromatic nitrogens is 3. The van der Waals surface area contributed by atoms with E-state index in [1.807, 2.05) is 26.0 Å². The molecule has 0 bridgehead atoms. The molecular weight excluding hydrogens is 320 g/mol. The molecule has 1 amide bonds. The van der Waals surface area contributed by atoms with Gasteiger partial charge in [-0.05, 0) is 44.2 Å². The number of aromatic amines is 1. The van der Waals surface area contributed by atoms with Crippen molar-refractivity contribution in [3.8, 4) is 11.5 Å². The van der Waals surface area contributed by atoms with Crippen molar-refractivity contribution >= 4 is 16.9 Å². The molecule has 130 valence electrons. The number of H-pyrrole nitrogens is 1. The van der Waals surface area contributed by atoms with E-state index in [4.69, 9.17) is 9.47 Å². The molecule has 25 heavy (non-hydrogen) atoms. The molecule has 0 spiro atoms. The minimum Gasteiger partial charge on any atom is -0.490 e. The second-order valence-corrected chi connectivity index (χ2v) is 5.29. The van der Waals surface area contributed by atoms with Crippen LogP contribution in [0.15, 0.2) is 36.5 Å². The summed E-state index contributed by atoms with van der Waals surface area (Å²) in [5.74, 6) is 0.996. The lowest BCUT2D eigenvalue weighted by atomic mass is 10.2. The highest BCUT2D eigenvalue weighted by Gasteiger charge is 2.13. The zero-order valence-electron chi connectivity index (χ0n) is 14.2. The molecule has 2 aromatic heterocycles. The van der Waals surface area contributed by atoms with Crippen LogP contribution >= 0.6 is 0 Å². The lowest BCUT2D eigenvalue weighted by Crippen LogP contribution is -2.23. The van der Waals surface area contributed by atoms with Crippen molar-refractivity contribution in [3.63, 3.8) is 0 Å². The van der Waals surface area contributed by atoms with Crippen molar-refractivity contribution in [2.45, 2.75) is 20.4 Å². The third-order valence-corrected chi connectivity index (χ3v) is 3.64. The van der Waals surface area contributed by atoms with Gasteiger partial charge < -0.3 is 14.8 Å². The van der Waals surface area contributed by atoms with Crippen LogP contribution in [0.3, 0.4) is 0 Å². The van der Waals surface area contributed by atoms with Crippen molar-refractivity contribution in [1.29, 1.82) is 0 Å². The zero-order chi connectivity index (χ0) is 17.6. The molecular formula is C18H20N4O3. The van der Waals surface area contributed by atoms with Crippen molar-refractivity contribution in [3.05, 3.63) is 47.8 Å². The van der Waals surface area contributed by atoms with E-state index in [1.165, 1.54) is 0 Å². The number of carbonyl (C=O) groups is 1. The first kappa shape index (κ1) is 16.8. The Morgan fingerprint density at radius 3 is 2.76 bits per heavy atom. The number of benzene rings is 1. The highest BCUT2D eigenvalue weighted by molar-refractivity contribution is 5.95. The van der Waals surface area contributed by atoms with E-state index in [0.717, 1.165) is 11.1 Å². The monoisotopic (exact) mass is 340 g/mol. The Balaban J connectivity index is 1.73. The van der Waals surface area contributed by atoms with Gasteiger partial charge in [0, 0.05) is 17.1 Å². The Labute approximate surface area is 145 Å². The molecule has 2 N–H and O–H groups in total. The predicted octanol–water partition coefficient (Wildman–Crippen LogP) is 2.69. The van der Waals surface area contributed by atoms with Gasteiger partial charge in [0.1, 0.15) is 0 Å². The fourth-order valence-electron chi connectivity index (χ4n) is 2.50. The van der Waals surface area contributed by atoms with Crippen LogP contribution in [0.1, 0.15) is 29.9 Å². The van der Waals surface area contributed by atoms with Crippen LogP contribution in [0.5, 0.6) is 11.5 Å². The first-order valence-corrected chi connectivity index (χ1v) is 8.18. The number of ether oxygens (including phenoxy) is 2. The van der Waals surface area contributed by atoms with E-state index in [1.54, 1.807) is 24.4 Å². The molecule has 0 radical (unpaired) electrons. The van der Waals surface area contributed by atoms with Crippen LogP contribution in [-0.4, -0.2) is 34.3 Å². The smallest absolute Gasteiger partial charge is 0.251 e. The largest absolute Gasteiger partial charge is 0.490 e. The lowest BCUT2D eigenvalue weighted by molar-refractivity contribution is 0.0950. The number of carbonyl (C=O) groups excluding carboxylic acids is 1. The van der Waals surface area contributed by atoms with E-state index in [2.05, 4.69) is 20.5 Å². The van der Waals surface area contributed by atoms with E-state index < -0.39 is 0 Å². The maximum atomic E-state index is 12.4. The van der Waals surface area contributed by atoms with Crippen molar-refractivity contribution in [2.24, 2.45) is 0 Å². The fraction of sp³-hybridized carbons (Fsp3) is 0.278. The summed E-state index contributed by atoms with van der Waals surface area (Å²) in [5, 5.41) is 10.8. The van der Waals surface area contributed by atoms with Gasteiger partial charge in [-0.15, -0.1) is 0 Å². The van der Waals surface area contributed by atoms with Crippen LogP contribution in [0.4, 0.5) is 0 Å². The van der Waals surface area contributed by atoms with Crippen LogP contribution in [0, 0.1) is 0 Å². The fourth-order valence-corrected chi connectivity index (χ4v) is 2.50. The number of amides is 1. The molecule has 3 aromatic rings. The van der Waals surface area contributed by atoms with E-state index >= 15 is 0 Å². The summed E-state index contributed by atoms with van der Waals surface area (Å²) in [6.45, 7) is 5.16. The van der Waals surface area contributed by atoms with Crippen LogP contribution in [0.2, 0.25) is 0 Å². The molecule has 1 aromatic carbocycles. The minimum atomic E-state index is -0.198. The van der Waals surface area contributed by atoms with Gasteiger partial charge in [0.15, 0.2) is 17.1 Å². The minimum absolute atomic E-state index is 0.198. The van der Waals surface area contributed by atoms with Crippen molar-refractivity contribution < 1.29 is 14.3 Å². The second kappa shape index (κ2) is 7.65. The summed E-state index contributed by atoms with van der Waals surface area (Å²) >= 11 is 0. The normalized spacial score (nSPS) is 10.6. The zero-order valence-corrected chi connectivity index (χ0v) is 14.2. The van der Waals surface area contributed by atoms with Crippen molar-refractivity contribution in [1.82, 2.24) is 20.5 Å². The first-order chi connectivity index (χ1) is 12.2. The summed E-state index contributed by atoms with van der Waals surface area (Å²) in [6, 6.07) is 8.91. The average molecular weight is 340 g/mol. The van der Waals surface area contributed by atoms with Gasteiger partial charge >= 0.3 is 0 Å². The maximum absolute atomic E-state index is 12.4. The van der Waals surface area contributed by atoms with Gasteiger partial charge in [-0.25, -0.2) is 4.98 Å². The van der Waals surface area contributed by atoms with E-state index in [0.29, 0.717) is 42.5 Å². The molecule has 0 aliphatic carbocycles. The molecule has 7 nitrogen and oxygen atoms in total. The maximum Gasteiger partial charge on any atom is 0.251 e. The Kier molecular flexibility index (Phi) is 5.13. The van der Waals surface area contributed by atoms with Gasteiger partial charge in [0.2, 0.25) is 0 Å².